The van der Waals surface area contributed by atoms with E-state index >= 15 is 0 Å². The number of esters is 2. The van der Waals surface area contributed by atoms with Crippen LogP contribution in [0.2, 0.25) is 0 Å². The molecule has 0 spiro atoms. The molecule has 0 atom stereocenters. The Morgan fingerprint density at radius 2 is 1.75 bits per heavy atom. The van der Waals surface area contributed by atoms with Crippen LogP contribution in [0.4, 0.5) is 18.9 Å². The molecule has 9 heteroatoms. The molecule has 0 fully saturated rings. The SMILES string of the molecule is COC(=O)/C=C(/Nc1ccc(COCC(F)(F)F)cc1)C(=O)OC. The molecular formula is C15H16F3NO5. The number of halogens is 3. The number of ether oxygens (including phenoxy) is 3. The third-order valence-corrected chi connectivity index (χ3v) is 2.64. The lowest BCUT2D eigenvalue weighted by atomic mass is 10.2. The van der Waals surface area contributed by atoms with Crippen LogP contribution in [0.15, 0.2) is 36.0 Å². The fourth-order valence-electron chi connectivity index (χ4n) is 1.56. The molecule has 0 saturated carbocycles. The van der Waals surface area contributed by atoms with Crippen LogP contribution in [0.3, 0.4) is 0 Å². The monoisotopic (exact) mass is 347 g/mol. The van der Waals surface area contributed by atoms with E-state index in [1.54, 1.807) is 0 Å². The molecule has 0 aromatic heterocycles. The van der Waals surface area contributed by atoms with Crippen molar-refractivity contribution in [3.05, 3.63) is 41.6 Å². The molecule has 1 aromatic rings. The minimum atomic E-state index is -4.38. The predicted molar refractivity (Wildman–Crippen MR) is 77.9 cm³/mol. The molecule has 1 aromatic carbocycles. The molecule has 0 unspecified atom stereocenters. The summed E-state index contributed by atoms with van der Waals surface area (Å²) in [5.74, 6) is -1.53. The van der Waals surface area contributed by atoms with Crippen molar-refractivity contribution in [2.75, 3.05) is 26.1 Å². The Morgan fingerprint density at radius 3 is 2.25 bits per heavy atom. The van der Waals surface area contributed by atoms with Gasteiger partial charge in [-0.25, -0.2) is 9.59 Å². The molecule has 0 bridgehead atoms. The number of carbonyl (C=O) groups excluding carboxylic acids is 2. The minimum Gasteiger partial charge on any atom is -0.466 e. The Hall–Kier alpha value is -2.55. The summed E-state index contributed by atoms with van der Waals surface area (Å²) >= 11 is 0. The normalized spacial score (nSPS) is 11.8. The van der Waals surface area contributed by atoms with Crippen molar-refractivity contribution in [3.63, 3.8) is 0 Å². The molecule has 1 N–H and O–H groups in total. The Kier molecular flexibility index (Phi) is 7.25. The number of alkyl halides is 3. The summed E-state index contributed by atoms with van der Waals surface area (Å²) in [5, 5.41) is 2.67. The van der Waals surface area contributed by atoms with Gasteiger partial charge in [-0.15, -0.1) is 0 Å². The van der Waals surface area contributed by atoms with Gasteiger partial charge < -0.3 is 19.5 Å². The van der Waals surface area contributed by atoms with Gasteiger partial charge in [0.25, 0.3) is 0 Å². The van der Waals surface area contributed by atoms with Crippen molar-refractivity contribution in [3.8, 4) is 0 Å². The molecule has 0 saturated heterocycles. The van der Waals surface area contributed by atoms with Gasteiger partial charge in [0.05, 0.1) is 26.9 Å². The van der Waals surface area contributed by atoms with E-state index in [2.05, 4.69) is 19.5 Å². The molecule has 0 amide bonds. The Balaban J connectivity index is 2.71. The van der Waals surface area contributed by atoms with Gasteiger partial charge in [0, 0.05) is 5.69 Å². The van der Waals surface area contributed by atoms with Gasteiger partial charge in [-0.1, -0.05) is 12.1 Å². The van der Waals surface area contributed by atoms with Crippen molar-refractivity contribution in [2.45, 2.75) is 12.8 Å². The van der Waals surface area contributed by atoms with Crippen LogP contribution in [0, 0.1) is 0 Å². The zero-order chi connectivity index (χ0) is 18.2. The second-order valence-electron chi connectivity index (χ2n) is 4.50. The smallest absolute Gasteiger partial charge is 0.411 e. The fraction of sp³-hybridized carbons (Fsp3) is 0.333. The number of methoxy groups -OCH3 is 2. The zero-order valence-electron chi connectivity index (χ0n) is 13.0. The maximum atomic E-state index is 12.0. The highest BCUT2D eigenvalue weighted by Crippen LogP contribution is 2.17. The average molecular weight is 347 g/mol. The molecule has 0 aliphatic carbocycles. The molecule has 0 radical (unpaired) electrons. The van der Waals surface area contributed by atoms with Gasteiger partial charge in [0.1, 0.15) is 12.3 Å². The first kappa shape index (κ1) is 19.5. The van der Waals surface area contributed by atoms with Crippen molar-refractivity contribution < 1.29 is 37.0 Å². The molecule has 24 heavy (non-hydrogen) atoms. The highest BCUT2D eigenvalue weighted by atomic mass is 19.4. The van der Waals surface area contributed by atoms with Crippen LogP contribution in [-0.2, 0) is 30.4 Å². The first-order chi connectivity index (χ1) is 11.2. The molecule has 0 aliphatic heterocycles. The van der Waals surface area contributed by atoms with Gasteiger partial charge >= 0.3 is 18.1 Å². The zero-order valence-corrected chi connectivity index (χ0v) is 13.0. The van der Waals surface area contributed by atoms with Gasteiger partial charge in [0.15, 0.2) is 0 Å². The van der Waals surface area contributed by atoms with E-state index in [0.29, 0.717) is 11.3 Å². The van der Waals surface area contributed by atoms with Crippen LogP contribution in [-0.4, -0.2) is 38.9 Å². The fourth-order valence-corrected chi connectivity index (χ4v) is 1.56. The molecule has 1 rings (SSSR count). The van der Waals surface area contributed by atoms with Crippen molar-refractivity contribution >= 4 is 17.6 Å². The van der Waals surface area contributed by atoms with Crippen LogP contribution in [0.5, 0.6) is 0 Å². The number of hydrogen-bond acceptors (Lipinski definition) is 6. The number of anilines is 1. The summed E-state index contributed by atoms with van der Waals surface area (Å²) < 4.78 is 49.5. The average Bonchev–Trinajstić information content (AvgIpc) is 2.53. The Morgan fingerprint density at radius 1 is 1.12 bits per heavy atom. The van der Waals surface area contributed by atoms with Gasteiger partial charge in [0.2, 0.25) is 0 Å². The Bertz CT molecular complexity index is 596. The maximum Gasteiger partial charge on any atom is 0.411 e. The lowest BCUT2D eigenvalue weighted by molar-refractivity contribution is -0.176. The second-order valence-corrected chi connectivity index (χ2v) is 4.50. The van der Waals surface area contributed by atoms with E-state index in [4.69, 9.17) is 0 Å². The van der Waals surface area contributed by atoms with Crippen LogP contribution in [0.1, 0.15) is 5.56 Å². The van der Waals surface area contributed by atoms with Crippen LogP contribution < -0.4 is 5.32 Å². The van der Waals surface area contributed by atoms with Crippen molar-refractivity contribution in [1.82, 2.24) is 0 Å². The van der Waals surface area contributed by atoms with Gasteiger partial charge in [-0.3, -0.25) is 0 Å². The van der Waals surface area contributed by atoms with E-state index in [1.807, 2.05) is 0 Å². The van der Waals surface area contributed by atoms with E-state index in [1.165, 1.54) is 24.3 Å². The topological polar surface area (TPSA) is 73.9 Å². The predicted octanol–water partition coefficient (Wildman–Crippen LogP) is 2.41. The van der Waals surface area contributed by atoms with Crippen LogP contribution >= 0.6 is 0 Å². The Labute approximate surface area is 136 Å². The minimum absolute atomic E-state index is 0.148. The van der Waals surface area contributed by atoms with Crippen molar-refractivity contribution in [1.29, 1.82) is 0 Å². The first-order valence-electron chi connectivity index (χ1n) is 6.63. The van der Waals surface area contributed by atoms with Gasteiger partial charge in [-0.2, -0.15) is 13.2 Å². The number of benzene rings is 1. The number of carbonyl (C=O) groups is 2. The third-order valence-electron chi connectivity index (χ3n) is 2.64. The first-order valence-corrected chi connectivity index (χ1v) is 6.63. The third kappa shape index (κ3) is 7.14. The van der Waals surface area contributed by atoms with Crippen LogP contribution in [0.25, 0.3) is 0 Å². The molecule has 0 heterocycles. The summed E-state index contributed by atoms with van der Waals surface area (Å²) in [6.45, 7) is -1.54. The summed E-state index contributed by atoms with van der Waals surface area (Å²) in [4.78, 5) is 22.8. The maximum absolute atomic E-state index is 12.0. The lowest BCUT2D eigenvalue weighted by Crippen LogP contribution is -2.16. The molecule has 6 nitrogen and oxygen atoms in total. The summed E-state index contributed by atoms with van der Waals surface area (Å²) in [5.41, 5.74) is 0.793. The number of nitrogens with one attached hydrogen (secondary N) is 1. The van der Waals surface area contributed by atoms with E-state index in [-0.39, 0.29) is 12.3 Å². The van der Waals surface area contributed by atoms with E-state index in [9.17, 15) is 22.8 Å². The van der Waals surface area contributed by atoms with E-state index in [0.717, 1.165) is 20.3 Å². The van der Waals surface area contributed by atoms with E-state index < -0.39 is 24.7 Å². The quantitative estimate of drug-likeness (QED) is 0.603. The second kappa shape index (κ2) is 8.92. The van der Waals surface area contributed by atoms with Gasteiger partial charge in [-0.05, 0) is 17.7 Å². The molecular weight excluding hydrogens is 331 g/mol. The molecule has 132 valence electrons. The largest absolute Gasteiger partial charge is 0.466 e. The number of hydrogen-bond donors (Lipinski definition) is 1. The summed E-state index contributed by atoms with van der Waals surface area (Å²) in [7, 11) is 2.31. The molecule has 0 aliphatic rings. The summed E-state index contributed by atoms with van der Waals surface area (Å²) in [6.07, 6.45) is -3.46. The van der Waals surface area contributed by atoms with Crippen molar-refractivity contribution in [2.24, 2.45) is 0 Å². The standard InChI is InChI=1S/C15H16F3NO5/c1-22-13(20)7-12(14(21)23-2)19-11-5-3-10(4-6-11)8-24-9-15(16,17)18/h3-7,19H,8-9H2,1-2H3/b12-7+. The summed E-state index contributed by atoms with van der Waals surface area (Å²) in [6, 6.07) is 6.07. The number of rotatable bonds is 7. The highest BCUT2D eigenvalue weighted by molar-refractivity contribution is 5.98. The lowest BCUT2D eigenvalue weighted by Gasteiger charge is -2.10. The highest BCUT2D eigenvalue weighted by Gasteiger charge is 2.27.